The molecule has 2 aromatic rings. The van der Waals surface area contributed by atoms with Crippen molar-refractivity contribution in [3.8, 4) is 23.0 Å². The zero-order valence-corrected chi connectivity index (χ0v) is 16.1. The smallest absolute Gasteiger partial charge is 0.231 e. The maximum atomic E-state index is 10.4. The van der Waals surface area contributed by atoms with Gasteiger partial charge in [0.05, 0.1) is 18.7 Å². The third-order valence-corrected chi connectivity index (χ3v) is 5.89. The summed E-state index contributed by atoms with van der Waals surface area (Å²) < 4.78 is 28.7. The minimum absolute atomic E-state index is 0.0371. The van der Waals surface area contributed by atoms with Crippen LogP contribution in [0, 0.1) is 0 Å². The Morgan fingerprint density at radius 3 is 2.79 bits per heavy atom. The lowest BCUT2D eigenvalue weighted by Crippen LogP contribution is -2.35. The van der Waals surface area contributed by atoms with E-state index in [4.69, 9.17) is 23.7 Å². The zero-order chi connectivity index (χ0) is 19.4. The molecule has 0 radical (unpaired) electrons. The standard InChI is InChI=1S/C21H23NO6/c1-22-7-6-11-8-16(24-2)14(23)9-13(11)19-18(22)12-4-5-15-20(27-10-26-15)17(12)21(25-3)28-19/h4-5,8-9,18-19,21,23H,6-7,10H2,1-3H3. The van der Waals surface area contributed by atoms with Crippen molar-refractivity contribution in [2.75, 3.05) is 34.6 Å². The molecule has 7 nitrogen and oxygen atoms in total. The number of aromatic hydroxyl groups is 1. The Kier molecular flexibility index (Phi) is 4.12. The first-order valence-corrected chi connectivity index (χ1v) is 9.33. The fourth-order valence-electron chi connectivity index (χ4n) is 4.54. The number of hydrogen-bond donors (Lipinski definition) is 1. The van der Waals surface area contributed by atoms with Crippen LogP contribution in [0.2, 0.25) is 0 Å². The van der Waals surface area contributed by atoms with Gasteiger partial charge in [-0.05, 0) is 48.4 Å². The molecule has 0 amide bonds. The lowest BCUT2D eigenvalue weighted by Gasteiger charge is -2.41. The average molecular weight is 385 g/mol. The van der Waals surface area contributed by atoms with Crippen LogP contribution in [0.15, 0.2) is 24.3 Å². The van der Waals surface area contributed by atoms with Gasteiger partial charge in [0, 0.05) is 13.7 Å². The number of phenols is 1. The van der Waals surface area contributed by atoms with E-state index >= 15 is 0 Å². The summed E-state index contributed by atoms with van der Waals surface area (Å²) in [5.74, 6) is 1.99. The van der Waals surface area contributed by atoms with Gasteiger partial charge in [-0.2, -0.15) is 0 Å². The van der Waals surface area contributed by atoms with Crippen molar-refractivity contribution in [1.82, 2.24) is 4.90 Å². The van der Waals surface area contributed by atoms with Gasteiger partial charge < -0.3 is 28.8 Å². The Hall–Kier alpha value is -2.48. The molecule has 3 aliphatic rings. The Balaban J connectivity index is 1.69. The van der Waals surface area contributed by atoms with Gasteiger partial charge in [0.15, 0.2) is 29.3 Å². The minimum atomic E-state index is -0.587. The number of ether oxygens (including phenoxy) is 5. The van der Waals surface area contributed by atoms with Crippen LogP contribution in [0.25, 0.3) is 0 Å². The molecule has 0 saturated carbocycles. The van der Waals surface area contributed by atoms with Gasteiger partial charge in [-0.3, -0.25) is 4.90 Å². The van der Waals surface area contributed by atoms with E-state index in [0.29, 0.717) is 17.2 Å². The highest BCUT2D eigenvalue weighted by molar-refractivity contribution is 5.56. The molecule has 3 atom stereocenters. The van der Waals surface area contributed by atoms with Gasteiger partial charge in [0.25, 0.3) is 0 Å². The Bertz CT molecular complexity index is 930. The predicted molar refractivity (Wildman–Crippen MR) is 99.9 cm³/mol. The lowest BCUT2D eigenvalue weighted by atomic mass is 9.87. The number of phenolic OH excluding ortho intramolecular Hbond substituents is 1. The molecule has 3 unspecified atom stereocenters. The van der Waals surface area contributed by atoms with Crippen LogP contribution < -0.4 is 14.2 Å². The summed E-state index contributed by atoms with van der Waals surface area (Å²) in [6.07, 6.45) is -0.0512. The highest BCUT2D eigenvalue weighted by Crippen LogP contribution is 2.54. The fraction of sp³-hybridized carbons (Fsp3) is 0.429. The summed E-state index contributed by atoms with van der Waals surface area (Å²) >= 11 is 0. The van der Waals surface area contributed by atoms with Gasteiger partial charge in [-0.15, -0.1) is 0 Å². The largest absolute Gasteiger partial charge is 0.504 e. The van der Waals surface area contributed by atoms with Crippen LogP contribution in [0.1, 0.15) is 40.7 Å². The predicted octanol–water partition coefficient (Wildman–Crippen LogP) is 3.08. The van der Waals surface area contributed by atoms with Crippen molar-refractivity contribution in [3.05, 3.63) is 46.5 Å². The Morgan fingerprint density at radius 2 is 2.00 bits per heavy atom. The van der Waals surface area contributed by atoms with E-state index in [2.05, 4.69) is 18.0 Å². The summed E-state index contributed by atoms with van der Waals surface area (Å²) in [6.45, 7) is 1.04. The van der Waals surface area contributed by atoms with E-state index in [0.717, 1.165) is 35.2 Å². The maximum Gasteiger partial charge on any atom is 0.231 e. The second-order valence-corrected chi connectivity index (χ2v) is 7.32. The van der Waals surface area contributed by atoms with Crippen LogP contribution >= 0.6 is 0 Å². The maximum absolute atomic E-state index is 10.4. The average Bonchev–Trinajstić information content (AvgIpc) is 3.15. The highest BCUT2D eigenvalue weighted by atomic mass is 16.7. The van der Waals surface area contributed by atoms with E-state index in [1.165, 1.54) is 0 Å². The molecule has 1 N–H and O–H groups in total. The van der Waals surface area contributed by atoms with Crippen LogP contribution in [-0.4, -0.2) is 44.6 Å². The van der Waals surface area contributed by atoms with Crippen LogP contribution in [0.4, 0.5) is 0 Å². The lowest BCUT2D eigenvalue weighted by molar-refractivity contribution is -0.190. The number of rotatable bonds is 2. The van der Waals surface area contributed by atoms with Gasteiger partial charge >= 0.3 is 0 Å². The van der Waals surface area contributed by atoms with Gasteiger partial charge in [-0.1, -0.05) is 6.07 Å². The monoisotopic (exact) mass is 385 g/mol. The molecule has 2 aromatic carbocycles. The number of methoxy groups -OCH3 is 2. The summed E-state index contributed by atoms with van der Waals surface area (Å²) in [4.78, 5) is 2.28. The summed E-state index contributed by atoms with van der Waals surface area (Å²) in [5.41, 5.74) is 4.04. The normalized spacial score (nSPS) is 25.5. The van der Waals surface area contributed by atoms with Crippen LogP contribution in [0.3, 0.4) is 0 Å². The first-order valence-electron chi connectivity index (χ1n) is 9.33. The molecule has 0 spiro atoms. The number of benzene rings is 2. The SMILES string of the molecule is COc1cc2c(cc1O)C1OC(OC)c3c(ccc4c3OCO4)C1N(C)CC2. The number of fused-ring (bicyclic) bond motifs is 7. The van der Waals surface area contributed by atoms with Gasteiger partial charge in [0.2, 0.25) is 6.79 Å². The summed E-state index contributed by atoms with van der Waals surface area (Å²) in [6, 6.07) is 7.64. The Morgan fingerprint density at radius 1 is 1.14 bits per heavy atom. The summed E-state index contributed by atoms with van der Waals surface area (Å²) in [5, 5.41) is 10.4. The molecule has 0 bridgehead atoms. The second kappa shape index (κ2) is 6.55. The molecule has 0 saturated heterocycles. The van der Waals surface area contributed by atoms with Crippen molar-refractivity contribution in [2.45, 2.75) is 24.9 Å². The van der Waals surface area contributed by atoms with Crippen LogP contribution in [-0.2, 0) is 15.9 Å². The first kappa shape index (κ1) is 17.6. The molecule has 0 aliphatic carbocycles. The van der Waals surface area contributed by atoms with E-state index < -0.39 is 6.29 Å². The quantitative estimate of drug-likeness (QED) is 0.852. The highest BCUT2D eigenvalue weighted by Gasteiger charge is 2.44. The molecule has 5 rings (SSSR count). The topological polar surface area (TPSA) is 69.6 Å². The summed E-state index contributed by atoms with van der Waals surface area (Å²) in [7, 11) is 5.27. The van der Waals surface area contributed by atoms with Crippen LogP contribution in [0.5, 0.6) is 23.0 Å². The van der Waals surface area contributed by atoms with Crippen molar-refractivity contribution in [2.24, 2.45) is 0 Å². The van der Waals surface area contributed by atoms with Crippen molar-refractivity contribution in [3.63, 3.8) is 0 Å². The molecule has 3 heterocycles. The van der Waals surface area contributed by atoms with Gasteiger partial charge in [0.1, 0.15) is 6.10 Å². The minimum Gasteiger partial charge on any atom is -0.504 e. The van der Waals surface area contributed by atoms with E-state index in [1.54, 1.807) is 20.3 Å². The van der Waals surface area contributed by atoms with E-state index in [9.17, 15) is 5.11 Å². The Labute approximate surface area is 163 Å². The zero-order valence-electron chi connectivity index (χ0n) is 16.1. The molecular formula is C21H23NO6. The molecule has 148 valence electrons. The molecule has 3 aliphatic heterocycles. The second-order valence-electron chi connectivity index (χ2n) is 7.32. The van der Waals surface area contributed by atoms with E-state index in [1.807, 2.05) is 12.1 Å². The fourth-order valence-corrected chi connectivity index (χ4v) is 4.54. The number of nitrogens with zero attached hydrogens (tertiary/aromatic N) is 1. The number of hydrogen-bond acceptors (Lipinski definition) is 7. The van der Waals surface area contributed by atoms with Crippen molar-refractivity contribution < 1.29 is 28.8 Å². The molecular weight excluding hydrogens is 362 g/mol. The molecule has 7 heteroatoms. The van der Waals surface area contributed by atoms with Crippen molar-refractivity contribution in [1.29, 1.82) is 0 Å². The van der Waals surface area contributed by atoms with Crippen molar-refractivity contribution >= 4 is 0 Å². The molecule has 28 heavy (non-hydrogen) atoms. The first-order chi connectivity index (χ1) is 13.6. The molecule has 0 aromatic heterocycles. The van der Waals surface area contributed by atoms with E-state index in [-0.39, 0.29) is 24.7 Å². The number of likely N-dealkylation sites (N-methyl/N-ethyl adjacent to an activating group) is 1. The molecule has 0 fully saturated rings. The van der Waals surface area contributed by atoms with Gasteiger partial charge in [-0.25, -0.2) is 0 Å². The third kappa shape index (κ3) is 2.47. The third-order valence-electron chi connectivity index (χ3n) is 5.89.